The molecule has 0 spiro atoms. The second-order valence-electron chi connectivity index (χ2n) is 9.84. The smallest absolute Gasteiger partial charge is 0.296 e. The van der Waals surface area contributed by atoms with Crippen molar-refractivity contribution in [3.05, 3.63) is 113 Å². The fourth-order valence-corrected chi connectivity index (χ4v) is 4.78. The van der Waals surface area contributed by atoms with Gasteiger partial charge in [0.25, 0.3) is 0 Å². The van der Waals surface area contributed by atoms with E-state index in [0.717, 1.165) is 35.1 Å². The van der Waals surface area contributed by atoms with Gasteiger partial charge >= 0.3 is 5.76 Å². The SMILES string of the molecule is CCCCC1=NC=CC(CC(=O)c2ccc(F)cc2)C(=O)N1Cc1ccc(-c2ccccc2-c2noc(=O)[nH]2)cc1. The lowest BCUT2D eigenvalue weighted by Crippen LogP contribution is -2.39. The van der Waals surface area contributed by atoms with E-state index in [1.807, 2.05) is 48.5 Å². The number of rotatable bonds is 10. The number of aromatic amines is 1. The summed E-state index contributed by atoms with van der Waals surface area (Å²) in [5.41, 5.74) is 3.75. The Labute approximate surface area is 236 Å². The van der Waals surface area contributed by atoms with Crippen LogP contribution in [-0.4, -0.2) is 32.6 Å². The van der Waals surface area contributed by atoms with Crippen molar-refractivity contribution in [2.24, 2.45) is 10.9 Å². The normalized spacial score (nSPS) is 15.1. The van der Waals surface area contributed by atoms with Crippen LogP contribution in [0.1, 0.15) is 48.5 Å². The van der Waals surface area contributed by atoms with Gasteiger partial charge in [0.1, 0.15) is 11.7 Å². The molecule has 0 aliphatic carbocycles. The summed E-state index contributed by atoms with van der Waals surface area (Å²) in [7, 11) is 0. The van der Waals surface area contributed by atoms with Crippen LogP contribution in [0.4, 0.5) is 4.39 Å². The topological polar surface area (TPSA) is 109 Å². The van der Waals surface area contributed by atoms with Gasteiger partial charge in [-0.1, -0.05) is 73.1 Å². The Bertz CT molecular complexity index is 1650. The average molecular weight is 553 g/mol. The van der Waals surface area contributed by atoms with E-state index in [1.165, 1.54) is 24.3 Å². The minimum absolute atomic E-state index is 0.0338. The number of hydrogen-bond donors (Lipinski definition) is 1. The van der Waals surface area contributed by atoms with Crippen LogP contribution in [0.15, 0.2) is 99.4 Å². The van der Waals surface area contributed by atoms with Crippen LogP contribution in [0, 0.1) is 11.7 Å². The maximum Gasteiger partial charge on any atom is 0.439 e. The highest BCUT2D eigenvalue weighted by Gasteiger charge is 2.29. The molecular formula is C32H29FN4O4. The lowest BCUT2D eigenvalue weighted by atomic mass is 9.96. The number of halogens is 1. The number of benzene rings is 3. The number of H-pyrrole nitrogens is 1. The molecule has 0 bridgehead atoms. The molecule has 0 saturated carbocycles. The van der Waals surface area contributed by atoms with Gasteiger partial charge in [-0.05, 0) is 47.4 Å². The molecule has 4 aromatic rings. The second kappa shape index (κ2) is 12.5. The molecule has 2 heterocycles. The molecule has 208 valence electrons. The Morgan fingerprint density at radius 3 is 2.41 bits per heavy atom. The summed E-state index contributed by atoms with van der Waals surface area (Å²) in [5.74, 6) is -1.17. The van der Waals surface area contributed by atoms with Gasteiger partial charge in [-0.15, -0.1) is 0 Å². The molecule has 1 N–H and O–H groups in total. The van der Waals surface area contributed by atoms with E-state index in [-0.39, 0.29) is 18.1 Å². The Morgan fingerprint density at radius 1 is 1.00 bits per heavy atom. The highest BCUT2D eigenvalue weighted by molar-refractivity contribution is 6.04. The molecule has 0 fully saturated rings. The number of carbonyl (C=O) groups excluding carboxylic acids is 2. The Kier molecular flexibility index (Phi) is 8.43. The number of ketones is 1. The number of amides is 1. The first-order valence-corrected chi connectivity index (χ1v) is 13.5. The van der Waals surface area contributed by atoms with Gasteiger partial charge in [-0.25, -0.2) is 14.2 Å². The molecule has 3 aromatic carbocycles. The zero-order chi connectivity index (χ0) is 28.8. The molecule has 1 unspecified atom stereocenters. The molecular weight excluding hydrogens is 523 g/mol. The van der Waals surface area contributed by atoms with Crippen molar-refractivity contribution in [2.75, 3.05) is 0 Å². The highest BCUT2D eigenvalue weighted by atomic mass is 19.1. The number of nitrogens with zero attached hydrogens (tertiary/aromatic N) is 3. The van der Waals surface area contributed by atoms with Gasteiger partial charge in [0.2, 0.25) is 5.91 Å². The van der Waals surface area contributed by atoms with Crippen LogP contribution in [-0.2, 0) is 11.3 Å². The summed E-state index contributed by atoms with van der Waals surface area (Å²) in [6.07, 6.45) is 5.70. The molecule has 1 amide bonds. The first-order chi connectivity index (χ1) is 19.9. The van der Waals surface area contributed by atoms with Crippen molar-refractivity contribution in [3.8, 4) is 22.5 Å². The molecule has 5 rings (SSSR count). The summed E-state index contributed by atoms with van der Waals surface area (Å²) in [5, 5.41) is 3.82. The molecule has 1 aliphatic rings. The molecule has 1 aliphatic heterocycles. The fraction of sp³-hybridized carbons (Fsp3) is 0.219. The number of unbranched alkanes of at least 4 members (excludes halogenated alkanes) is 1. The van der Waals surface area contributed by atoms with Crippen molar-refractivity contribution >= 4 is 17.5 Å². The van der Waals surface area contributed by atoms with Crippen molar-refractivity contribution in [1.29, 1.82) is 0 Å². The molecule has 9 heteroatoms. The third-order valence-corrected chi connectivity index (χ3v) is 6.99. The highest BCUT2D eigenvalue weighted by Crippen LogP contribution is 2.30. The summed E-state index contributed by atoms with van der Waals surface area (Å²) in [6, 6.07) is 20.7. The summed E-state index contributed by atoms with van der Waals surface area (Å²) in [4.78, 5) is 47.0. The first-order valence-electron chi connectivity index (χ1n) is 13.5. The van der Waals surface area contributed by atoms with E-state index in [4.69, 9.17) is 0 Å². The summed E-state index contributed by atoms with van der Waals surface area (Å²) >= 11 is 0. The third kappa shape index (κ3) is 6.46. The van der Waals surface area contributed by atoms with E-state index in [0.29, 0.717) is 30.2 Å². The number of nitrogens with one attached hydrogen (secondary N) is 1. The van der Waals surface area contributed by atoms with E-state index in [2.05, 4.69) is 26.6 Å². The number of aliphatic imine (C=N–C) groups is 1. The van der Waals surface area contributed by atoms with E-state index in [1.54, 1.807) is 17.2 Å². The Morgan fingerprint density at radius 2 is 1.73 bits per heavy atom. The van der Waals surface area contributed by atoms with Crippen LogP contribution in [0.25, 0.3) is 22.5 Å². The lowest BCUT2D eigenvalue weighted by molar-refractivity contribution is -0.130. The van der Waals surface area contributed by atoms with Gasteiger partial charge in [0, 0.05) is 30.2 Å². The number of Topliss-reactive ketones (excluding diaryl/α,β-unsaturated/α-hetero) is 1. The number of carbonyl (C=O) groups is 2. The number of hydrogen-bond acceptors (Lipinski definition) is 6. The van der Waals surface area contributed by atoms with Crippen molar-refractivity contribution < 1.29 is 18.5 Å². The fourth-order valence-electron chi connectivity index (χ4n) is 4.78. The largest absolute Gasteiger partial charge is 0.439 e. The maximum absolute atomic E-state index is 13.8. The van der Waals surface area contributed by atoms with Gasteiger partial charge < -0.3 is 0 Å². The average Bonchev–Trinajstić information content (AvgIpc) is 3.37. The van der Waals surface area contributed by atoms with E-state index < -0.39 is 17.5 Å². The third-order valence-electron chi connectivity index (χ3n) is 6.99. The predicted octanol–water partition coefficient (Wildman–Crippen LogP) is 6.17. The minimum atomic E-state index is -0.689. The van der Waals surface area contributed by atoms with Gasteiger partial charge in [-0.3, -0.25) is 24.0 Å². The standard InChI is InChI=1S/C32H29FN4O4/c1-2-3-8-29-34-18-17-24(19-28(38)23-13-15-25(33)16-14-23)31(39)37(29)20-21-9-11-22(12-10-21)26-6-4-5-7-27(26)30-35-32(40)41-36-30/h4-7,9-18,24H,2-3,8,19-20H2,1H3,(H,35,36,40). The molecule has 0 radical (unpaired) electrons. The van der Waals surface area contributed by atoms with Crippen LogP contribution in [0.2, 0.25) is 0 Å². The van der Waals surface area contributed by atoms with Crippen LogP contribution >= 0.6 is 0 Å². The minimum Gasteiger partial charge on any atom is -0.296 e. The maximum atomic E-state index is 13.8. The molecule has 1 atom stereocenters. The predicted molar refractivity (Wildman–Crippen MR) is 153 cm³/mol. The van der Waals surface area contributed by atoms with Crippen molar-refractivity contribution in [1.82, 2.24) is 15.0 Å². The van der Waals surface area contributed by atoms with E-state index >= 15 is 0 Å². The summed E-state index contributed by atoms with van der Waals surface area (Å²) < 4.78 is 18.0. The summed E-state index contributed by atoms with van der Waals surface area (Å²) in [6.45, 7) is 2.37. The quantitative estimate of drug-likeness (QED) is 0.237. The Hall–Kier alpha value is -4.92. The monoisotopic (exact) mass is 552 g/mol. The van der Waals surface area contributed by atoms with E-state index in [9.17, 15) is 18.8 Å². The lowest BCUT2D eigenvalue weighted by Gasteiger charge is -2.26. The molecule has 0 saturated heterocycles. The van der Waals surface area contributed by atoms with Crippen LogP contribution in [0.5, 0.6) is 0 Å². The van der Waals surface area contributed by atoms with Crippen molar-refractivity contribution in [3.63, 3.8) is 0 Å². The Balaban J connectivity index is 1.37. The van der Waals surface area contributed by atoms with Crippen LogP contribution in [0.3, 0.4) is 0 Å². The first kappa shape index (κ1) is 27.6. The van der Waals surface area contributed by atoms with Crippen molar-refractivity contribution in [2.45, 2.75) is 39.2 Å². The zero-order valence-electron chi connectivity index (χ0n) is 22.5. The zero-order valence-corrected chi connectivity index (χ0v) is 22.5. The molecule has 8 nitrogen and oxygen atoms in total. The number of amidine groups is 1. The van der Waals surface area contributed by atoms with Gasteiger partial charge in [-0.2, -0.15) is 0 Å². The molecule has 1 aromatic heterocycles. The molecule has 41 heavy (non-hydrogen) atoms. The second-order valence-corrected chi connectivity index (χ2v) is 9.84. The number of aromatic nitrogens is 2. The van der Waals surface area contributed by atoms with Gasteiger partial charge in [0.15, 0.2) is 11.6 Å². The van der Waals surface area contributed by atoms with Crippen LogP contribution < -0.4 is 5.76 Å². The van der Waals surface area contributed by atoms with Gasteiger partial charge in [0.05, 0.1) is 12.5 Å².